The van der Waals surface area contributed by atoms with E-state index in [4.69, 9.17) is 9.72 Å². The number of thioether (sulfide) groups is 1. The highest BCUT2D eigenvalue weighted by Crippen LogP contribution is 2.40. The zero-order valence-electron chi connectivity index (χ0n) is 19.6. The van der Waals surface area contributed by atoms with Gasteiger partial charge in [0.25, 0.3) is 5.56 Å². The average Bonchev–Trinajstić information content (AvgIpc) is 3.32. The van der Waals surface area contributed by atoms with Crippen LogP contribution in [0.2, 0.25) is 0 Å². The van der Waals surface area contributed by atoms with Gasteiger partial charge in [0, 0.05) is 17.0 Å². The van der Waals surface area contributed by atoms with Crippen molar-refractivity contribution in [1.82, 2.24) is 14.5 Å². The van der Waals surface area contributed by atoms with Crippen LogP contribution >= 0.6 is 11.8 Å². The number of aromatic amines is 1. The third kappa shape index (κ3) is 3.95. The smallest absolute Gasteiger partial charge is 0.283 e. The van der Waals surface area contributed by atoms with E-state index in [9.17, 15) is 4.79 Å². The molecule has 1 N–H and O–H groups in total. The number of hydrogen-bond donors (Lipinski definition) is 1. The highest BCUT2D eigenvalue weighted by Gasteiger charge is 2.23. The Bertz CT molecular complexity index is 1690. The summed E-state index contributed by atoms with van der Waals surface area (Å²) >= 11 is 1.57. The molecule has 0 aliphatic carbocycles. The summed E-state index contributed by atoms with van der Waals surface area (Å²) in [5.74, 6) is 0.676. The van der Waals surface area contributed by atoms with Crippen molar-refractivity contribution in [3.63, 3.8) is 0 Å². The van der Waals surface area contributed by atoms with Gasteiger partial charge in [-0.3, -0.25) is 9.36 Å². The number of ether oxygens (including phenoxy) is 1. The molecule has 6 aromatic rings. The fourth-order valence-corrected chi connectivity index (χ4v) is 5.72. The predicted molar refractivity (Wildman–Crippen MR) is 146 cm³/mol. The molecule has 0 saturated carbocycles. The molecule has 2 aromatic heterocycles. The minimum Gasteiger partial charge on any atom is -0.497 e. The molecule has 0 spiro atoms. The van der Waals surface area contributed by atoms with Crippen LogP contribution in [0.1, 0.15) is 16.4 Å². The Morgan fingerprint density at radius 1 is 0.833 bits per heavy atom. The molecular formula is C30H23N3O2S. The Labute approximate surface area is 212 Å². The van der Waals surface area contributed by atoms with Crippen LogP contribution in [0.15, 0.2) is 119 Å². The van der Waals surface area contributed by atoms with Crippen molar-refractivity contribution in [3.8, 4) is 11.4 Å². The van der Waals surface area contributed by atoms with Crippen LogP contribution in [0.5, 0.6) is 5.75 Å². The summed E-state index contributed by atoms with van der Waals surface area (Å²) in [7, 11) is 1.62. The molecule has 6 rings (SSSR count). The average molecular weight is 490 g/mol. The van der Waals surface area contributed by atoms with Crippen LogP contribution in [0, 0.1) is 0 Å². The maximum Gasteiger partial charge on any atom is 0.283 e. The Kier molecular flexibility index (Phi) is 5.79. The summed E-state index contributed by atoms with van der Waals surface area (Å²) < 4.78 is 7.15. The van der Waals surface area contributed by atoms with Gasteiger partial charge in [0.05, 0.1) is 18.0 Å². The quantitative estimate of drug-likeness (QED) is 0.207. The zero-order valence-corrected chi connectivity index (χ0v) is 20.4. The van der Waals surface area contributed by atoms with Gasteiger partial charge in [0.1, 0.15) is 16.8 Å². The van der Waals surface area contributed by atoms with Crippen LogP contribution in [-0.4, -0.2) is 21.6 Å². The van der Waals surface area contributed by atoms with E-state index in [0.717, 1.165) is 22.0 Å². The summed E-state index contributed by atoms with van der Waals surface area (Å²) in [6, 6.07) is 36.0. The van der Waals surface area contributed by atoms with Gasteiger partial charge in [0.15, 0.2) is 5.16 Å². The molecule has 0 fully saturated rings. The number of hydrogen-bond acceptors (Lipinski definition) is 4. The number of para-hydroxylation sites is 1. The van der Waals surface area contributed by atoms with E-state index in [1.165, 1.54) is 0 Å². The molecule has 0 amide bonds. The molecule has 2 heterocycles. The number of H-pyrrole nitrogens is 1. The van der Waals surface area contributed by atoms with E-state index in [0.29, 0.717) is 27.6 Å². The minimum absolute atomic E-state index is 0.0567. The maximum absolute atomic E-state index is 14.0. The molecular weight excluding hydrogens is 466 g/mol. The summed E-state index contributed by atoms with van der Waals surface area (Å²) in [4.78, 5) is 22.4. The fraction of sp³-hybridized carbons (Fsp3) is 0.0667. The first kappa shape index (κ1) is 22.2. The molecule has 0 aliphatic rings. The van der Waals surface area contributed by atoms with E-state index >= 15 is 0 Å². The first-order valence-corrected chi connectivity index (χ1v) is 12.6. The molecule has 4 aromatic carbocycles. The minimum atomic E-state index is -0.146. The largest absolute Gasteiger partial charge is 0.497 e. The van der Waals surface area contributed by atoms with Gasteiger partial charge in [0.2, 0.25) is 0 Å². The molecule has 36 heavy (non-hydrogen) atoms. The normalized spacial score (nSPS) is 11.4. The molecule has 176 valence electrons. The predicted octanol–water partition coefficient (Wildman–Crippen LogP) is 6.76. The third-order valence-electron chi connectivity index (χ3n) is 6.23. The first-order chi connectivity index (χ1) is 17.7. The van der Waals surface area contributed by atoms with Gasteiger partial charge in [-0.1, -0.05) is 96.7 Å². The standard InChI is InChI=1S/C30H23N3O2S/c1-35-23-16-10-15-22(19-23)33-29(34)27-26(24-17-8-9-18-25(24)31-27)32-30(33)36-28(20-11-4-2-5-12-20)21-13-6-3-7-14-21/h2-19,28,31H,1H3. The SMILES string of the molecule is COc1cccc(-n2c(SC(c3ccccc3)c3ccccc3)nc3c([nH]c4ccccc43)c2=O)c1. The van der Waals surface area contributed by atoms with E-state index in [-0.39, 0.29) is 10.8 Å². The topological polar surface area (TPSA) is 59.9 Å². The maximum atomic E-state index is 14.0. The second-order valence-electron chi connectivity index (χ2n) is 8.45. The molecule has 0 atom stereocenters. The Hall–Kier alpha value is -4.29. The van der Waals surface area contributed by atoms with E-state index in [2.05, 4.69) is 29.2 Å². The van der Waals surface area contributed by atoms with Crippen molar-refractivity contribution in [2.24, 2.45) is 0 Å². The molecule has 5 nitrogen and oxygen atoms in total. The lowest BCUT2D eigenvalue weighted by Gasteiger charge is -2.20. The van der Waals surface area contributed by atoms with Crippen LogP contribution in [0.3, 0.4) is 0 Å². The number of nitrogens with one attached hydrogen (secondary N) is 1. The molecule has 0 unspecified atom stereocenters. The summed E-state index contributed by atoms with van der Waals surface area (Å²) in [6.45, 7) is 0. The van der Waals surface area contributed by atoms with Crippen LogP contribution in [-0.2, 0) is 0 Å². The highest BCUT2D eigenvalue weighted by molar-refractivity contribution is 7.99. The lowest BCUT2D eigenvalue weighted by Crippen LogP contribution is -2.22. The van der Waals surface area contributed by atoms with Crippen molar-refractivity contribution in [2.45, 2.75) is 10.4 Å². The third-order valence-corrected chi connectivity index (χ3v) is 7.50. The molecule has 0 aliphatic heterocycles. The lowest BCUT2D eigenvalue weighted by atomic mass is 10.0. The van der Waals surface area contributed by atoms with Gasteiger partial charge < -0.3 is 9.72 Å². The van der Waals surface area contributed by atoms with Crippen molar-refractivity contribution in [2.75, 3.05) is 7.11 Å². The lowest BCUT2D eigenvalue weighted by molar-refractivity contribution is 0.414. The molecule has 0 radical (unpaired) electrons. The van der Waals surface area contributed by atoms with Crippen LogP contribution in [0.25, 0.3) is 27.6 Å². The Morgan fingerprint density at radius 2 is 1.50 bits per heavy atom. The van der Waals surface area contributed by atoms with E-state index < -0.39 is 0 Å². The summed E-state index contributed by atoms with van der Waals surface area (Å²) in [5, 5.41) is 1.49. The van der Waals surface area contributed by atoms with Crippen molar-refractivity contribution < 1.29 is 4.74 Å². The number of methoxy groups -OCH3 is 1. The summed E-state index contributed by atoms with van der Waals surface area (Å²) in [6.07, 6.45) is 0. The van der Waals surface area contributed by atoms with E-state index in [1.54, 1.807) is 23.4 Å². The van der Waals surface area contributed by atoms with Crippen molar-refractivity contribution in [3.05, 3.63) is 131 Å². The number of fused-ring (bicyclic) bond motifs is 3. The number of aromatic nitrogens is 3. The molecule has 6 heteroatoms. The first-order valence-electron chi connectivity index (χ1n) is 11.7. The molecule has 0 bridgehead atoms. The number of rotatable bonds is 6. The zero-order chi connectivity index (χ0) is 24.5. The van der Waals surface area contributed by atoms with Crippen molar-refractivity contribution in [1.29, 1.82) is 0 Å². The second kappa shape index (κ2) is 9.40. The Morgan fingerprint density at radius 3 is 2.19 bits per heavy atom. The van der Waals surface area contributed by atoms with Gasteiger partial charge in [-0.25, -0.2) is 4.98 Å². The van der Waals surface area contributed by atoms with Gasteiger partial charge in [-0.15, -0.1) is 0 Å². The highest BCUT2D eigenvalue weighted by atomic mass is 32.2. The van der Waals surface area contributed by atoms with Crippen LogP contribution in [0.4, 0.5) is 0 Å². The summed E-state index contributed by atoms with van der Waals surface area (Å²) in [5.41, 5.74) is 4.88. The monoisotopic (exact) mass is 489 g/mol. The molecule has 0 saturated heterocycles. The Balaban J connectivity index is 1.62. The van der Waals surface area contributed by atoms with E-state index in [1.807, 2.05) is 84.9 Å². The van der Waals surface area contributed by atoms with Crippen molar-refractivity contribution >= 4 is 33.7 Å². The fourth-order valence-electron chi connectivity index (χ4n) is 4.49. The van der Waals surface area contributed by atoms with Gasteiger partial charge in [-0.05, 0) is 29.3 Å². The number of benzene rings is 4. The van der Waals surface area contributed by atoms with Crippen LogP contribution < -0.4 is 10.3 Å². The second-order valence-corrected chi connectivity index (χ2v) is 9.52. The number of nitrogens with zero attached hydrogens (tertiary/aromatic N) is 2. The van der Waals surface area contributed by atoms with Gasteiger partial charge in [-0.2, -0.15) is 0 Å². The van der Waals surface area contributed by atoms with Gasteiger partial charge >= 0.3 is 0 Å².